The molecule has 0 saturated carbocycles. The van der Waals surface area contributed by atoms with Gasteiger partial charge in [0.15, 0.2) is 0 Å². The highest BCUT2D eigenvalue weighted by Gasteiger charge is 2.39. The van der Waals surface area contributed by atoms with Gasteiger partial charge in [-0.05, 0) is 47.9 Å². The molecule has 0 radical (unpaired) electrons. The van der Waals surface area contributed by atoms with E-state index in [0.717, 1.165) is 11.1 Å². The summed E-state index contributed by atoms with van der Waals surface area (Å²) < 4.78 is 27.1. The first kappa shape index (κ1) is 18.9. The molecule has 2 atom stereocenters. The van der Waals surface area contributed by atoms with Gasteiger partial charge in [0.05, 0.1) is 15.8 Å². The van der Waals surface area contributed by atoms with Gasteiger partial charge < -0.3 is 0 Å². The van der Waals surface area contributed by atoms with Gasteiger partial charge >= 0.3 is 0 Å². The van der Waals surface area contributed by atoms with Gasteiger partial charge in [-0.1, -0.05) is 60.1 Å². The number of halogens is 1. The fourth-order valence-corrected chi connectivity index (χ4v) is 5.58. The van der Waals surface area contributed by atoms with E-state index in [0.29, 0.717) is 15.6 Å². The Balaban J connectivity index is 1.97. The number of nitrogens with one attached hydrogen (secondary N) is 1. The zero-order valence-electron chi connectivity index (χ0n) is 15.2. The van der Waals surface area contributed by atoms with E-state index in [9.17, 15) is 8.42 Å². The van der Waals surface area contributed by atoms with Crippen LogP contribution in [-0.4, -0.2) is 19.4 Å². The van der Waals surface area contributed by atoms with Crippen molar-refractivity contribution in [3.05, 3.63) is 100 Å². The van der Waals surface area contributed by atoms with E-state index in [1.807, 2.05) is 43.3 Å². The molecule has 1 aliphatic rings. The molecule has 3 aromatic rings. The second-order valence-electron chi connectivity index (χ2n) is 6.70. The lowest BCUT2D eigenvalue weighted by molar-refractivity contribution is 0.586. The highest BCUT2D eigenvalue weighted by atomic mass is 35.5. The van der Waals surface area contributed by atoms with Crippen LogP contribution < -0.4 is 5.32 Å². The SMILES string of the molecule is CC1NC(c2ccccc2)C(c2ccc(Cl)nc2)=C1S(=O)(=O)c1ccccc1. The average molecular weight is 411 g/mol. The van der Waals surface area contributed by atoms with Crippen LogP contribution in [0.1, 0.15) is 24.1 Å². The third kappa shape index (κ3) is 3.37. The summed E-state index contributed by atoms with van der Waals surface area (Å²) in [6, 6.07) is 21.3. The summed E-state index contributed by atoms with van der Waals surface area (Å²) in [6.07, 6.45) is 1.63. The van der Waals surface area contributed by atoms with Crippen molar-refractivity contribution in [3.63, 3.8) is 0 Å². The Kier molecular flexibility index (Phi) is 5.06. The smallest absolute Gasteiger partial charge is 0.204 e. The van der Waals surface area contributed by atoms with Gasteiger partial charge in [0.25, 0.3) is 0 Å². The molecule has 2 aromatic carbocycles. The van der Waals surface area contributed by atoms with Gasteiger partial charge in [0, 0.05) is 12.2 Å². The fraction of sp³-hybridized carbons (Fsp3) is 0.136. The molecule has 28 heavy (non-hydrogen) atoms. The van der Waals surface area contributed by atoms with Crippen LogP contribution in [0.2, 0.25) is 5.15 Å². The standard InChI is InChI=1S/C22H19ClN2O2S/c1-15-22(28(26,27)18-10-6-3-7-11-18)20(17-12-13-19(23)24-14-17)21(25-15)16-8-4-2-5-9-16/h2-15,21,25H,1H3. The van der Waals surface area contributed by atoms with Crippen LogP contribution in [0.15, 0.2) is 88.8 Å². The molecule has 0 aliphatic carbocycles. The highest BCUT2D eigenvalue weighted by Crippen LogP contribution is 2.43. The van der Waals surface area contributed by atoms with E-state index in [2.05, 4.69) is 10.3 Å². The van der Waals surface area contributed by atoms with Crippen LogP contribution in [-0.2, 0) is 9.84 Å². The lowest BCUT2D eigenvalue weighted by atomic mass is 9.96. The lowest BCUT2D eigenvalue weighted by Gasteiger charge is -2.17. The van der Waals surface area contributed by atoms with Crippen molar-refractivity contribution in [2.45, 2.75) is 23.9 Å². The Bertz CT molecular complexity index is 1110. The molecule has 2 unspecified atom stereocenters. The molecule has 142 valence electrons. The molecule has 1 aromatic heterocycles. The van der Waals surface area contributed by atoms with Crippen LogP contribution >= 0.6 is 11.6 Å². The molecule has 2 heterocycles. The van der Waals surface area contributed by atoms with Crippen molar-refractivity contribution in [2.75, 3.05) is 0 Å². The first-order valence-corrected chi connectivity index (χ1v) is 10.8. The van der Waals surface area contributed by atoms with E-state index >= 15 is 0 Å². The van der Waals surface area contributed by atoms with Crippen molar-refractivity contribution in [2.24, 2.45) is 0 Å². The molecule has 4 rings (SSSR count). The minimum Gasteiger partial charge on any atom is -0.299 e. The molecule has 1 aliphatic heterocycles. The monoisotopic (exact) mass is 410 g/mol. The Morgan fingerprint density at radius 2 is 1.57 bits per heavy atom. The summed E-state index contributed by atoms with van der Waals surface area (Å²) in [4.78, 5) is 4.83. The molecule has 0 saturated heterocycles. The summed E-state index contributed by atoms with van der Waals surface area (Å²) in [6.45, 7) is 1.88. The number of pyridine rings is 1. The van der Waals surface area contributed by atoms with E-state index < -0.39 is 9.84 Å². The molecular weight excluding hydrogens is 392 g/mol. The highest BCUT2D eigenvalue weighted by molar-refractivity contribution is 7.95. The van der Waals surface area contributed by atoms with Crippen molar-refractivity contribution < 1.29 is 8.42 Å². The third-order valence-electron chi connectivity index (χ3n) is 4.88. The molecule has 1 N–H and O–H groups in total. The summed E-state index contributed by atoms with van der Waals surface area (Å²) >= 11 is 5.96. The largest absolute Gasteiger partial charge is 0.299 e. The van der Waals surface area contributed by atoms with Gasteiger partial charge in [-0.2, -0.15) is 0 Å². The number of rotatable bonds is 4. The second-order valence-corrected chi connectivity index (χ2v) is 9.00. The number of hydrogen-bond acceptors (Lipinski definition) is 4. The Hall–Kier alpha value is -2.47. The summed E-state index contributed by atoms with van der Waals surface area (Å²) in [7, 11) is -3.68. The third-order valence-corrected chi connectivity index (χ3v) is 7.15. The zero-order chi connectivity index (χ0) is 19.7. The van der Waals surface area contributed by atoms with Crippen molar-refractivity contribution in [1.29, 1.82) is 0 Å². The predicted molar refractivity (Wildman–Crippen MR) is 112 cm³/mol. The van der Waals surface area contributed by atoms with Crippen LogP contribution in [0, 0.1) is 0 Å². The molecule has 4 nitrogen and oxygen atoms in total. The van der Waals surface area contributed by atoms with Crippen LogP contribution in [0.4, 0.5) is 0 Å². The number of benzene rings is 2. The summed E-state index contributed by atoms with van der Waals surface area (Å²) in [5.41, 5.74) is 2.45. The Morgan fingerprint density at radius 1 is 0.929 bits per heavy atom. The average Bonchev–Trinajstić information content (AvgIpc) is 3.08. The van der Waals surface area contributed by atoms with Crippen LogP contribution in [0.3, 0.4) is 0 Å². The first-order valence-electron chi connectivity index (χ1n) is 8.95. The maximum Gasteiger partial charge on any atom is 0.204 e. The second kappa shape index (κ2) is 7.51. The number of nitrogens with zero attached hydrogens (tertiary/aromatic N) is 1. The minimum absolute atomic E-state index is 0.257. The topological polar surface area (TPSA) is 59.1 Å². The Labute approximate surface area is 169 Å². The maximum absolute atomic E-state index is 13.5. The van der Waals surface area contributed by atoms with E-state index in [1.165, 1.54) is 0 Å². The number of hydrogen-bond donors (Lipinski definition) is 1. The number of sulfone groups is 1. The molecule has 0 amide bonds. The molecule has 6 heteroatoms. The van der Waals surface area contributed by atoms with E-state index in [-0.39, 0.29) is 17.0 Å². The molecule has 0 bridgehead atoms. The van der Waals surface area contributed by atoms with E-state index in [1.54, 1.807) is 42.6 Å². The Morgan fingerprint density at radius 3 is 2.18 bits per heavy atom. The van der Waals surface area contributed by atoms with Gasteiger partial charge in [-0.3, -0.25) is 5.32 Å². The zero-order valence-corrected chi connectivity index (χ0v) is 16.8. The molecule has 0 spiro atoms. The normalized spacial score (nSPS) is 19.8. The van der Waals surface area contributed by atoms with Gasteiger partial charge in [0.1, 0.15) is 5.15 Å². The maximum atomic E-state index is 13.5. The fourth-order valence-electron chi connectivity index (χ4n) is 3.64. The van der Waals surface area contributed by atoms with Gasteiger partial charge in [-0.15, -0.1) is 0 Å². The lowest BCUT2D eigenvalue weighted by Crippen LogP contribution is -2.26. The van der Waals surface area contributed by atoms with Crippen molar-refractivity contribution >= 4 is 27.0 Å². The molecule has 0 fully saturated rings. The summed E-state index contributed by atoms with van der Waals surface area (Å²) in [5, 5.41) is 3.81. The number of aromatic nitrogens is 1. The van der Waals surface area contributed by atoms with Crippen LogP contribution in [0.25, 0.3) is 5.57 Å². The van der Waals surface area contributed by atoms with Gasteiger partial charge in [-0.25, -0.2) is 13.4 Å². The molecular formula is C22H19ClN2O2S. The van der Waals surface area contributed by atoms with Crippen LogP contribution in [0.5, 0.6) is 0 Å². The van der Waals surface area contributed by atoms with E-state index in [4.69, 9.17) is 11.6 Å². The predicted octanol–water partition coefficient (Wildman–Crippen LogP) is 4.65. The summed E-state index contributed by atoms with van der Waals surface area (Å²) in [5.74, 6) is 0. The van der Waals surface area contributed by atoms with Gasteiger partial charge in [0.2, 0.25) is 9.84 Å². The first-order chi connectivity index (χ1) is 13.5. The minimum atomic E-state index is -3.68. The van der Waals surface area contributed by atoms with Crippen molar-refractivity contribution in [1.82, 2.24) is 10.3 Å². The quantitative estimate of drug-likeness (QED) is 0.636. The van der Waals surface area contributed by atoms with Crippen molar-refractivity contribution in [3.8, 4) is 0 Å².